The lowest BCUT2D eigenvalue weighted by atomic mass is 10.1. The van der Waals surface area contributed by atoms with Crippen LogP contribution in [0.15, 0.2) is 10.7 Å². The van der Waals surface area contributed by atoms with Gasteiger partial charge in [0, 0.05) is 19.6 Å². The first-order valence-corrected chi connectivity index (χ1v) is 6.78. The smallest absolute Gasteiger partial charge is 0.394 e. The van der Waals surface area contributed by atoms with Gasteiger partial charge < -0.3 is 19.4 Å². The summed E-state index contributed by atoms with van der Waals surface area (Å²) in [5, 5.41) is 3.29. The second-order valence-corrected chi connectivity index (χ2v) is 4.90. The maximum Gasteiger partial charge on any atom is 0.394 e. The minimum absolute atomic E-state index is 0.247. The Balaban J connectivity index is 1.76. The fraction of sp³-hybridized carbons (Fsp3) is 0.769. The van der Waals surface area contributed by atoms with Gasteiger partial charge in [-0.3, -0.25) is 0 Å². The molecule has 5 nitrogen and oxygen atoms in total. The molecule has 1 fully saturated rings. The molecule has 0 spiro atoms. The third-order valence-electron chi connectivity index (χ3n) is 3.20. The molecular formula is C13H23N3O2. The Bertz CT molecular complexity index is 346. The van der Waals surface area contributed by atoms with Gasteiger partial charge in [0.15, 0.2) is 0 Å². The first kappa shape index (κ1) is 13.4. The molecule has 0 atom stereocenters. The monoisotopic (exact) mass is 253 g/mol. The Morgan fingerprint density at radius 1 is 1.50 bits per heavy atom. The zero-order chi connectivity index (χ0) is 12.8. The summed E-state index contributed by atoms with van der Waals surface area (Å²) in [4.78, 5) is 6.65. The first-order chi connectivity index (χ1) is 8.78. The van der Waals surface area contributed by atoms with Crippen LogP contribution < -0.4 is 10.1 Å². The summed E-state index contributed by atoms with van der Waals surface area (Å²) in [6.07, 6.45) is 5.54. The largest absolute Gasteiger partial charge is 0.447 e. The predicted octanol–water partition coefficient (Wildman–Crippen LogP) is 1.65. The van der Waals surface area contributed by atoms with Crippen molar-refractivity contribution in [1.29, 1.82) is 0 Å². The van der Waals surface area contributed by atoms with Gasteiger partial charge in [0.2, 0.25) is 0 Å². The standard InChI is InChI=1S/C13H23N3O2/c1-3-6-14-9-11-10-17-13(15-11)18-12-4-7-16(2)8-5-12/h10,12,14H,3-9H2,1-2H3. The van der Waals surface area contributed by atoms with Crippen molar-refractivity contribution in [2.45, 2.75) is 38.8 Å². The molecule has 0 bridgehead atoms. The van der Waals surface area contributed by atoms with Gasteiger partial charge in [0.25, 0.3) is 0 Å². The SMILES string of the molecule is CCCNCc1coc(OC2CCN(C)CC2)n1. The molecular weight excluding hydrogens is 230 g/mol. The Morgan fingerprint density at radius 2 is 2.28 bits per heavy atom. The third-order valence-corrected chi connectivity index (χ3v) is 3.20. The van der Waals surface area contributed by atoms with E-state index < -0.39 is 0 Å². The van der Waals surface area contributed by atoms with Gasteiger partial charge in [-0.05, 0) is 32.9 Å². The van der Waals surface area contributed by atoms with Crippen LogP contribution in [0.25, 0.3) is 0 Å². The number of ether oxygens (including phenoxy) is 1. The molecule has 5 heteroatoms. The minimum Gasteiger partial charge on any atom is -0.447 e. The van der Waals surface area contributed by atoms with E-state index in [4.69, 9.17) is 9.15 Å². The van der Waals surface area contributed by atoms with E-state index in [-0.39, 0.29) is 6.10 Å². The van der Waals surface area contributed by atoms with Gasteiger partial charge in [-0.25, -0.2) is 0 Å². The molecule has 1 aliphatic heterocycles. The van der Waals surface area contributed by atoms with Crippen molar-refractivity contribution in [3.63, 3.8) is 0 Å². The number of hydrogen-bond acceptors (Lipinski definition) is 5. The van der Waals surface area contributed by atoms with Crippen LogP contribution in [0.4, 0.5) is 0 Å². The number of likely N-dealkylation sites (tertiary alicyclic amines) is 1. The maximum atomic E-state index is 5.76. The quantitative estimate of drug-likeness (QED) is 0.781. The average molecular weight is 253 g/mol. The fourth-order valence-electron chi connectivity index (χ4n) is 2.06. The average Bonchev–Trinajstić information content (AvgIpc) is 2.80. The van der Waals surface area contributed by atoms with E-state index in [1.54, 1.807) is 6.26 Å². The van der Waals surface area contributed by atoms with Gasteiger partial charge in [0.1, 0.15) is 12.4 Å². The number of nitrogens with one attached hydrogen (secondary N) is 1. The van der Waals surface area contributed by atoms with Gasteiger partial charge in [0.05, 0.1) is 5.69 Å². The minimum atomic E-state index is 0.247. The van der Waals surface area contributed by atoms with Crippen molar-refractivity contribution in [1.82, 2.24) is 15.2 Å². The summed E-state index contributed by atoms with van der Waals surface area (Å²) in [5.41, 5.74) is 0.909. The van der Waals surface area contributed by atoms with E-state index in [0.717, 1.165) is 51.1 Å². The highest BCUT2D eigenvalue weighted by molar-refractivity contribution is 5.00. The number of hydrogen-bond donors (Lipinski definition) is 1. The fourth-order valence-corrected chi connectivity index (χ4v) is 2.06. The van der Waals surface area contributed by atoms with Crippen LogP contribution in [-0.4, -0.2) is 42.7 Å². The number of oxazole rings is 1. The zero-order valence-corrected chi connectivity index (χ0v) is 11.3. The van der Waals surface area contributed by atoms with Crippen LogP contribution in [-0.2, 0) is 6.54 Å². The topological polar surface area (TPSA) is 50.5 Å². The Labute approximate surface area is 109 Å². The van der Waals surface area contributed by atoms with Crippen LogP contribution >= 0.6 is 0 Å². The molecule has 0 radical (unpaired) electrons. The third kappa shape index (κ3) is 3.99. The molecule has 0 aliphatic carbocycles. The second kappa shape index (κ2) is 6.75. The molecule has 1 aliphatic rings. The van der Waals surface area contributed by atoms with Crippen LogP contribution in [0.1, 0.15) is 31.9 Å². The summed E-state index contributed by atoms with van der Waals surface area (Å²) in [7, 11) is 2.14. The lowest BCUT2D eigenvalue weighted by molar-refractivity contribution is 0.0847. The molecule has 0 amide bonds. The Kier molecular flexibility index (Phi) is 5.01. The number of rotatable bonds is 6. The second-order valence-electron chi connectivity index (χ2n) is 4.90. The van der Waals surface area contributed by atoms with Crippen molar-refractivity contribution in [2.75, 3.05) is 26.7 Å². The highest BCUT2D eigenvalue weighted by Gasteiger charge is 2.19. The highest BCUT2D eigenvalue weighted by atomic mass is 16.6. The van der Waals surface area contributed by atoms with E-state index in [2.05, 4.69) is 29.2 Å². The molecule has 102 valence electrons. The molecule has 0 saturated carbocycles. The van der Waals surface area contributed by atoms with Crippen molar-refractivity contribution in [3.8, 4) is 6.08 Å². The lowest BCUT2D eigenvalue weighted by Crippen LogP contribution is -2.35. The molecule has 2 rings (SSSR count). The van der Waals surface area contributed by atoms with E-state index in [0.29, 0.717) is 6.08 Å². The van der Waals surface area contributed by atoms with E-state index in [9.17, 15) is 0 Å². The number of aromatic nitrogens is 1. The van der Waals surface area contributed by atoms with E-state index >= 15 is 0 Å². The highest BCUT2D eigenvalue weighted by Crippen LogP contribution is 2.17. The van der Waals surface area contributed by atoms with Crippen molar-refractivity contribution in [2.24, 2.45) is 0 Å². The normalized spacial score (nSPS) is 18.1. The summed E-state index contributed by atoms with van der Waals surface area (Å²) in [6.45, 7) is 6.04. The molecule has 2 heterocycles. The molecule has 0 unspecified atom stereocenters. The van der Waals surface area contributed by atoms with Gasteiger partial charge >= 0.3 is 6.08 Å². The first-order valence-electron chi connectivity index (χ1n) is 6.78. The number of piperidine rings is 1. The predicted molar refractivity (Wildman–Crippen MR) is 69.6 cm³/mol. The summed E-state index contributed by atoms with van der Waals surface area (Å²) >= 11 is 0. The Morgan fingerprint density at radius 3 is 3.00 bits per heavy atom. The van der Waals surface area contributed by atoms with Crippen LogP contribution in [0.2, 0.25) is 0 Å². The number of nitrogens with zero attached hydrogens (tertiary/aromatic N) is 2. The van der Waals surface area contributed by atoms with Crippen molar-refractivity contribution >= 4 is 0 Å². The molecule has 1 aromatic rings. The Hall–Kier alpha value is -1.07. The molecule has 18 heavy (non-hydrogen) atoms. The van der Waals surface area contributed by atoms with Crippen molar-refractivity contribution < 1.29 is 9.15 Å². The summed E-state index contributed by atoms with van der Waals surface area (Å²) in [6, 6.07) is 0. The van der Waals surface area contributed by atoms with Crippen LogP contribution in [0.3, 0.4) is 0 Å². The zero-order valence-electron chi connectivity index (χ0n) is 11.3. The van der Waals surface area contributed by atoms with E-state index in [1.807, 2.05) is 0 Å². The van der Waals surface area contributed by atoms with Gasteiger partial charge in [-0.15, -0.1) is 0 Å². The molecule has 0 aromatic carbocycles. The van der Waals surface area contributed by atoms with Gasteiger partial charge in [-0.2, -0.15) is 4.98 Å². The molecule has 1 N–H and O–H groups in total. The van der Waals surface area contributed by atoms with E-state index in [1.165, 1.54) is 0 Å². The lowest BCUT2D eigenvalue weighted by Gasteiger charge is -2.27. The summed E-state index contributed by atoms with van der Waals surface area (Å²) in [5.74, 6) is 0. The van der Waals surface area contributed by atoms with Crippen molar-refractivity contribution in [3.05, 3.63) is 12.0 Å². The van der Waals surface area contributed by atoms with Crippen LogP contribution in [0, 0.1) is 0 Å². The maximum absolute atomic E-state index is 5.76. The van der Waals surface area contributed by atoms with Gasteiger partial charge in [-0.1, -0.05) is 6.92 Å². The molecule has 1 aromatic heterocycles. The molecule has 1 saturated heterocycles. The summed E-state index contributed by atoms with van der Waals surface area (Å²) < 4.78 is 11.1. The van der Waals surface area contributed by atoms with Crippen LogP contribution in [0.5, 0.6) is 6.08 Å².